The van der Waals surface area contributed by atoms with Gasteiger partial charge >= 0.3 is 6.18 Å². The van der Waals surface area contributed by atoms with Crippen molar-refractivity contribution in [2.24, 2.45) is 0 Å². The Labute approximate surface area is 145 Å². The zero-order valence-electron chi connectivity index (χ0n) is 13.1. The van der Waals surface area contributed by atoms with Gasteiger partial charge in [-0.2, -0.15) is 18.3 Å². The van der Waals surface area contributed by atoms with Gasteiger partial charge in [0.1, 0.15) is 6.54 Å². The summed E-state index contributed by atoms with van der Waals surface area (Å²) in [5.41, 5.74) is -0.192. The van der Waals surface area contributed by atoms with E-state index in [1.807, 2.05) is 5.38 Å². The highest BCUT2D eigenvalue weighted by molar-refractivity contribution is 7.13. The highest BCUT2D eigenvalue weighted by Gasteiger charge is 2.33. The maximum absolute atomic E-state index is 12.5. The van der Waals surface area contributed by atoms with Gasteiger partial charge in [-0.25, -0.2) is 4.98 Å². The molecule has 11 heteroatoms. The molecule has 0 saturated carbocycles. The molecular formula is C14H16F3N5O2S. The fraction of sp³-hybridized carbons (Fsp3) is 0.500. The summed E-state index contributed by atoms with van der Waals surface area (Å²) in [6.45, 7) is 3.41. The third kappa shape index (κ3) is 5.00. The molecule has 2 aromatic rings. The maximum atomic E-state index is 12.5. The van der Waals surface area contributed by atoms with Gasteiger partial charge in [0, 0.05) is 31.2 Å². The number of nitrogens with one attached hydrogen (secondary N) is 1. The molecule has 0 bridgehead atoms. The molecule has 3 rings (SSSR count). The molecule has 1 amide bonds. The van der Waals surface area contributed by atoms with Gasteiger partial charge in [-0.15, -0.1) is 11.3 Å². The van der Waals surface area contributed by atoms with Crippen LogP contribution in [0.25, 0.3) is 0 Å². The van der Waals surface area contributed by atoms with E-state index in [4.69, 9.17) is 4.74 Å². The van der Waals surface area contributed by atoms with Crippen LogP contribution in [0.4, 0.5) is 18.3 Å². The van der Waals surface area contributed by atoms with Crippen LogP contribution < -0.4 is 5.32 Å². The minimum Gasteiger partial charge on any atom is -0.379 e. The molecule has 0 atom stereocenters. The minimum absolute atomic E-state index is 0.311. The topological polar surface area (TPSA) is 72.3 Å². The molecule has 1 fully saturated rings. The Morgan fingerprint density at radius 2 is 2.12 bits per heavy atom. The third-order valence-electron chi connectivity index (χ3n) is 3.52. The van der Waals surface area contributed by atoms with E-state index in [1.165, 1.54) is 11.3 Å². The van der Waals surface area contributed by atoms with E-state index in [-0.39, 0.29) is 6.54 Å². The lowest BCUT2D eigenvalue weighted by Crippen LogP contribution is -2.35. The highest BCUT2D eigenvalue weighted by Crippen LogP contribution is 2.27. The monoisotopic (exact) mass is 375 g/mol. The van der Waals surface area contributed by atoms with Gasteiger partial charge in [0.2, 0.25) is 5.91 Å². The predicted molar refractivity (Wildman–Crippen MR) is 84.1 cm³/mol. The van der Waals surface area contributed by atoms with Crippen molar-refractivity contribution in [1.29, 1.82) is 0 Å². The molecule has 0 aromatic carbocycles. The summed E-state index contributed by atoms with van der Waals surface area (Å²) < 4.78 is 43.7. The van der Waals surface area contributed by atoms with Crippen LogP contribution in [0.3, 0.4) is 0 Å². The first-order valence-electron chi connectivity index (χ1n) is 7.55. The number of amides is 1. The molecule has 0 spiro atoms. The van der Waals surface area contributed by atoms with Gasteiger partial charge in [0.05, 0.1) is 18.9 Å². The number of halogens is 3. The molecule has 2 aromatic heterocycles. The zero-order valence-corrected chi connectivity index (χ0v) is 13.9. The fourth-order valence-corrected chi connectivity index (χ4v) is 3.05. The van der Waals surface area contributed by atoms with E-state index in [1.54, 1.807) is 0 Å². The molecule has 0 radical (unpaired) electrons. The largest absolute Gasteiger partial charge is 0.435 e. The second-order valence-electron chi connectivity index (χ2n) is 5.48. The van der Waals surface area contributed by atoms with Gasteiger partial charge in [0.25, 0.3) is 0 Å². The van der Waals surface area contributed by atoms with Crippen LogP contribution in [0.2, 0.25) is 0 Å². The van der Waals surface area contributed by atoms with E-state index in [0.717, 1.165) is 35.7 Å². The summed E-state index contributed by atoms with van der Waals surface area (Å²) in [5, 5.41) is 8.18. The van der Waals surface area contributed by atoms with Crippen LogP contribution in [0.5, 0.6) is 0 Å². The quantitative estimate of drug-likeness (QED) is 0.863. The first-order valence-corrected chi connectivity index (χ1v) is 8.43. The summed E-state index contributed by atoms with van der Waals surface area (Å²) in [5.74, 6) is -0.482. The van der Waals surface area contributed by atoms with Crippen molar-refractivity contribution in [2.75, 3.05) is 31.6 Å². The number of alkyl halides is 3. The van der Waals surface area contributed by atoms with Crippen LogP contribution in [0.1, 0.15) is 11.4 Å². The molecule has 1 saturated heterocycles. The van der Waals surface area contributed by atoms with Crippen molar-refractivity contribution in [3.05, 3.63) is 29.0 Å². The summed E-state index contributed by atoms with van der Waals surface area (Å²) in [6, 6.07) is 0.830. The van der Waals surface area contributed by atoms with Gasteiger partial charge in [0.15, 0.2) is 10.8 Å². The number of carbonyl (C=O) groups is 1. The Hall–Kier alpha value is -1.98. The molecule has 7 nitrogen and oxygen atoms in total. The average Bonchev–Trinajstić information content (AvgIpc) is 3.17. The summed E-state index contributed by atoms with van der Waals surface area (Å²) in [6.07, 6.45) is -3.40. The van der Waals surface area contributed by atoms with Crippen molar-refractivity contribution < 1.29 is 22.7 Å². The number of nitrogens with zero attached hydrogens (tertiary/aromatic N) is 4. The molecule has 1 aliphatic heterocycles. The van der Waals surface area contributed by atoms with Crippen molar-refractivity contribution >= 4 is 22.4 Å². The first-order chi connectivity index (χ1) is 11.9. The van der Waals surface area contributed by atoms with E-state index in [9.17, 15) is 18.0 Å². The van der Waals surface area contributed by atoms with E-state index in [0.29, 0.717) is 24.9 Å². The first kappa shape index (κ1) is 17.8. The van der Waals surface area contributed by atoms with Crippen LogP contribution >= 0.6 is 11.3 Å². The normalized spacial score (nSPS) is 16.1. The number of hydrogen-bond donors (Lipinski definition) is 1. The highest BCUT2D eigenvalue weighted by atomic mass is 32.1. The van der Waals surface area contributed by atoms with E-state index in [2.05, 4.69) is 20.3 Å². The lowest BCUT2D eigenvalue weighted by atomic mass is 10.4. The number of morpholine rings is 1. The SMILES string of the molecule is O=C(Cn1ccc(C(F)(F)F)n1)Nc1nc(CN2CCOCC2)cs1. The number of ether oxygens (including phenoxy) is 1. The second kappa shape index (κ2) is 7.50. The van der Waals surface area contributed by atoms with Crippen LogP contribution in [-0.4, -0.2) is 51.9 Å². The van der Waals surface area contributed by atoms with Crippen molar-refractivity contribution in [3.8, 4) is 0 Å². The third-order valence-corrected chi connectivity index (χ3v) is 4.33. The predicted octanol–water partition coefficient (Wildman–Crippen LogP) is 1.83. The van der Waals surface area contributed by atoms with Crippen LogP contribution in [0, 0.1) is 0 Å². The molecular weight excluding hydrogens is 359 g/mol. The van der Waals surface area contributed by atoms with E-state index >= 15 is 0 Å². The Morgan fingerprint density at radius 1 is 1.36 bits per heavy atom. The Balaban J connectivity index is 1.52. The number of carbonyl (C=O) groups excluding carboxylic acids is 1. The lowest BCUT2D eigenvalue weighted by molar-refractivity contribution is -0.141. The van der Waals surface area contributed by atoms with Crippen molar-refractivity contribution in [3.63, 3.8) is 0 Å². The Kier molecular flexibility index (Phi) is 5.35. The zero-order chi connectivity index (χ0) is 17.9. The minimum atomic E-state index is -4.52. The number of anilines is 1. The standard InChI is InChI=1S/C14H16F3N5O2S/c15-14(16,17)11-1-2-22(20-11)8-12(23)19-13-18-10(9-25-13)7-21-3-5-24-6-4-21/h1-2,9H,3-8H2,(H,18,19,23). The molecule has 136 valence electrons. The fourth-order valence-electron chi connectivity index (χ4n) is 2.33. The molecule has 1 aliphatic rings. The van der Waals surface area contributed by atoms with Gasteiger partial charge in [-0.05, 0) is 6.07 Å². The summed E-state index contributed by atoms with van der Waals surface area (Å²) in [4.78, 5) is 18.5. The average molecular weight is 375 g/mol. The molecule has 0 aliphatic carbocycles. The number of rotatable bonds is 5. The molecule has 0 unspecified atom stereocenters. The number of aromatic nitrogens is 3. The number of hydrogen-bond acceptors (Lipinski definition) is 6. The van der Waals surface area contributed by atoms with Crippen molar-refractivity contribution in [1.82, 2.24) is 19.7 Å². The lowest BCUT2D eigenvalue weighted by Gasteiger charge is -2.25. The van der Waals surface area contributed by atoms with E-state index < -0.39 is 17.8 Å². The molecule has 25 heavy (non-hydrogen) atoms. The summed E-state index contributed by atoms with van der Waals surface area (Å²) in [7, 11) is 0. The number of thiazole rings is 1. The smallest absolute Gasteiger partial charge is 0.379 e. The Morgan fingerprint density at radius 3 is 2.80 bits per heavy atom. The van der Waals surface area contributed by atoms with Gasteiger partial charge < -0.3 is 10.1 Å². The second-order valence-corrected chi connectivity index (χ2v) is 6.34. The molecule has 1 N–H and O–H groups in total. The van der Waals surface area contributed by atoms with Crippen LogP contribution in [0.15, 0.2) is 17.6 Å². The van der Waals surface area contributed by atoms with Crippen molar-refractivity contribution in [2.45, 2.75) is 19.3 Å². The Bertz CT molecular complexity index is 724. The maximum Gasteiger partial charge on any atom is 0.435 e. The summed E-state index contributed by atoms with van der Waals surface area (Å²) >= 11 is 1.28. The van der Waals surface area contributed by atoms with Gasteiger partial charge in [-0.3, -0.25) is 14.4 Å². The molecule has 3 heterocycles. The van der Waals surface area contributed by atoms with Gasteiger partial charge in [-0.1, -0.05) is 0 Å². The van der Waals surface area contributed by atoms with Crippen LogP contribution in [-0.2, 0) is 28.8 Å².